The van der Waals surface area contributed by atoms with Crippen molar-refractivity contribution in [1.82, 2.24) is 4.90 Å². The molecule has 1 unspecified atom stereocenters. The third kappa shape index (κ3) is 3.51. The molecule has 7 heteroatoms. The number of carbonyl (C=O) groups excluding carboxylic acids is 1. The summed E-state index contributed by atoms with van der Waals surface area (Å²) >= 11 is 0. The number of nitro groups is 1. The SMILES string of the molecule is CCN(C(=O)c1cc(F)ccc1[N+](=O)[O-])C(C)COC. The topological polar surface area (TPSA) is 72.7 Å². The summed E-state index contributed by atoms with van der Waals surface area (Å²) in [6, 6.07) is 2.59. The van der Waals surface area contributed by atoms with Gasteiger partial charge in [0, 0.05) is 19.7 Å². The van der Waals surface area contributed by atoms with E-state index in [0.29, 0.717) is 13.2 Å². The van der Waals surface area contributed by atoms with Crippen LogP contribution in [0.3, 0.4) is 0 Å². The van der Waals surface area contributed by atoms with Gasteiger partial charge in [0.15, 0.2) is 0 Å². The fourth-order valence-electron chi connectivity index (χ4n) is 1.98. The number of nitro benzene ring substituents is 1. The van der Waals surface area contributed by atoms with E-state index in [4.69, 9.17) is 4.74 Å². The Balaban J connectivity index is 3.18. The van der Waals surface area contributed by atoms with Crippen molar-refractivity contribution in [3.05, 3.63) is 39.7 Å². The van der Waals surface area contributed by atoms with Gasteiger partial charge in [0.05, 0.1) is 17.6 Å². The maximum Gasteiger partial charge on any atom is 0.282 e. The molecule has 0 N–H and O–H groups in total. The summed E-state index contributed by atoms with van der Waals surface area (Å²) in [5.41, 5.74) is -0.653. The fraction of sp³-hybridized carbons (Fsp3) is 0.462. The lowest BCUT2D eigenvalue weighted by molar-refractivity contribution is -0.385. The van der Waals surface area contributed by atoms with Crippen molar-refractivity contribution in [2.75, 3.05) is 20.3 Å². The molecule has 1 rings (SSSR count). The van der Waals surface area contributed by atoms with Crippen LogP contribution in [0.5, 0.6) is 0 Å². The fourth-order valence-corrected chi connectivity index (χ4v) is 1.98. The highest BCUT2D eigenvalue weighted by Crippen LogP contribution is 2.22. The molecule has 110 valence electrons. The van der Waals surface area contributed by atoms with Gasteiger partial charge in [-0.15, -0.1) is 0 Å². The summed E-state index contributed by atoms with van der Waals surface area (Å²) in [6.45, 7) is 4.14. The van der Waals surface area contributed by atoms with Crippen LogP contribution < -0.4 is 0 Å². The van der Waals surface area contributed by atoms with Gasteiger partial charge in [-0.2, -0.15) is 0 Å². The minimum atomic E-state index is -0.693. The lowest BCUT2D eigenvalue weighted by Gasteiger charge is -2.27. The zero-order chi connectivity index (χ0) is 15.3. The van der Waals surface area contributed by atoms with Gasteiger partial charge in [-0.3, -0.25) is 14.9 Å². The van der Waals surface area contributed by atoms with Crippen LogP contribution in [-0.2, 0) is 4.74 Å². The second kappa shape index (κ2) is 6.95. The van der Waals surface area contributed by atoms with E-state index in [0.717, 1.165) is 18.2 Å². The molecule has 1 amide bonds. The van der Waals surface area contributed by atoms with E-state index in [2.05, 4.69) is 0 Å². The first kappa shape index (κ1) is 16.0. The van der Waals surface area contributed by atoms with Crippen molar-refractivity contribution in [3.63, 3.8) is 0 Å². The third-order valence-corrected chi connectivity index (χ3v) is 2.93. The van der Waals surface area contributed by atoms with Crippen LogP contribution in [0.25, 0.3) is 0 Å². The molecule has 0 aromatic heterocycles. The Morgan fingerprint density at radius 1 is 1.55 bits per heavy atom. The molecule has 0 spiro atoms. The van der Waals surface area contributed by atoms with Gasteiger partial charge in [-0.25, -0.2) is 4.39 Å². The van der Waals surface area contributed by atoms with E-state index < -0.39 is 22.3 Å². The summed E-state index contributed by atoms with van der Waals surface area (Å²) in [5.74, 6) is -1.27. The highest BCUT2D eigenvalue weighted by molar-refractivity contribution is 5.98. The second-order valence-electron chi connectivity index (χ2n) is 4.31. The summed E-state index contributed by atoms with van der Waals surface area (Å²) in [4.78, 5) is 24.0. The van der Waals surface area contributed by atoms with Gasteiger partial charge in [0.2, 0.25) is 0 Å². The number of carbonyl (C=O) groups is 1. The van der Waals surface area contributed by atoms with Crippen LogP contribution in [0.1, 0.15) is 24.2 Å². The Hall–Kier alpha value is -2.02. The van der Waals surface area contributed by atoms with Crippen molar-refractivity contribution < 1.29 is 18.8 Å². The van der Waals surface area contributed by atoms with Gasteiger partial charge in [-0.1, -0.05) is 0 Å². The van der Waals surface area contributed by atoms with Crippen LogP contribution in [0.4, 0.5) is 10.1 Å². The predicted molar refractivity (Wildman–Crippen MR) is 71.1 cm³/mol. The van der Waals surface area contributed by atoms with Gasteiger partial charge >= 0.3 is 0 Å². The van der Waals surface area contributed by atoms with Crippen molar-refractivity contribution in [3.8, 4) is 0 Å². The Morgan fingerprint density at radius 2 is 2.20 bits per heavy atom. The van der Waals surface area contributed by atoms with E-state index in [-0.39, 0.29) is 11.6 Å². The van der Waals surface area contributed by atoms with E-state index in [1.54, 1.807) is 13.8 Å². The van der Waals surface area contributed by atoms with Crippen LogP contribution in [0.15, 0.2) is 18.2 Å². The van der Waals surface area contributed by atoms with E-state index in [9.17, 15) is 19.3 Å². The van der Waals surface area contributed by atoms with Crippen molar-refractivity contribution >= 4 is 11.6 Å². The highest BCUT2D eigenvalue weighted by atomic mass is 19.1. The van der Waals surface area contributed by atoms with Crippen molar-refractivity contribution in [2.24, 2.45) is 0 Å². The average Bonchev–Trinajstić information content (AvgIpc) is 2.39. The number of likely N-dealkylation sites (N-methyl/N-ethyl adjacent to an activating group) is 1. The normalized spacial score (nSPS) is 12.0. The van der Waals surface area contributed by atoms with E-state index in [1.165, 1.54) is 12.0 Å². The largest absolute Gasteiger partial charge is 0.383 e. The van der Waals surface area contributed by atoms with Gasteiger partial charge < -0.3 is 9.64 Å². The molecule has 0 saturated heterocycles. The molecule has 0 bridgehead atoms. The summed E-state index contributed by atoms with van der Waals surface area (Å²) < 4.78 is 18.2. The molecular formula is C13H17FN2O4. The predicted octanol–water partition coefficient (Wildman–Crippen LogP) is 2.23. The zero-order valence-corrected chi connectivity index (χ0v) is 11.6. The quantitative estimate of drug-likeness (QED) is 0.593. The van der Waals surface area contributed by atoms with Crippen molar-refractivity contribution in [2.45, 2.75) is 19.9 Å². The van der Waals surface area contributed by atoms with Crippen LogP contribution >= 0.6 is 0 Å². The van der Waals surface area contributed by atoms with Crippen LogP contribution in [0.2, 0.25) is 0 Å². The number of amides is 1. The third-order valence-electron chi connectivity index (χ3n) is 2.93. The molecule has 0 aliphatic rings. The monoisotopic (exact) mass is 284 g/mol. The number of nitrogens with zero attached hydrogens (tertiary/aromatic N) is 2. The summed E-state index contributed by atoms with van der Waals surface area (Å²) in [6.07, 6.45) is 0. The Labute approximate surface area is 116 Å². The Kier molecular flexibility index (Phi) is 5.57. The molecule has 0 fully saturated rings. The zero-order valence-electron chi connectivity index (χ0n) is 11.6. The maximum absolute atomic E-state index is 13.3. The summed E-state index contributed by atoms with van der Waals surface area (Å²) in [7, 11) is 1.50. The van der Waals surface area contributed by atoms with E-state index in [1.807, 2.05) is 0 Å². The molecule has 1 atom stereocenters. The lowest BCUT2D eigenvalue weighted by atomic mass is 10.1. The molecule has 0 aliphatic carbocycles. The first-order valence-corrected chi connectivity index (χ1v) is 6.16. The average molecular weight is 284 g/mol. The number of halogens is 1. The minimum Gasteiger partial charge on any atom is -0.383 e. The molecular weight excluding hydrogens is 267 g/mol. The Morgan fingerprint density at radius 3 is 2.70 bits per heavy atom. The number of benzene rings is 1. The molecule has 0 aliphatic heterocycles. The molecule has 0 saturated carbocycles. The number of ether oxygens (including phenoxy) is 1. The van der Waals surface area contributed by atoms with Gasteiger partial charge in [-0.05, 0) is 26.0 Å². The number of rotatable bonds is 6. The van der Waals surface area contributed by atoms with Crippen LogP contribution in [-0.4, -0.2) is 42.0 Å². The number of hydrogen-bond donors (Lipinski definition) is 0. The maximum atomic E-state index is 13.3. The first-order chi connectivity index (χ1) is 9.42. The van der Waals surface area contributed by atoms with Crippen molar-refractivity contribution in [1.29, 1.82) is 0 Å². The number of methoxy groups -OCH3 is 1. The number of hydrogen-bond acceptors (Lipinski definition) is 4. The molecule has 6 nitrogen and oxygen atoms in total. The standard InChI is InChI=1S/C13H17FN2O4/c1-4-15(9(2)8-20-3)13(17)11-7-10(14)5-6-12(11)16(18)19/h5-7,9H,4,8H2,1-3H3. The lowest BCUT2D eigenvalue weighted by Crippen LogP contribution is -2.41. The molecule has 20 heavy (non-hydrogen) atoms. The van der Waals surface area contributed by atoms with Crippen LogP contribution in [0, 0.1) is 15.9 Å². The summed E-state index contributed by atoms with van der Waals surface area (Å²) in [5, 5.41) is 10.9. The Bertz CT molecular complexity index is 507. The van der Waals surface area contributed by atoms with Gasteiger partial charge in [0.1, 0.15) is 11.4 Å². The molecule has 1 aromatic carbocycles. The minimum absolute atomic E-state index is 0.250. The first-order valence-electron chi connectivity index (χ1n) is 6.16. The molecule has 1 aromatic rings. The van der Waals surface area contributed by atoms with E-state index >= 15 is 0 Å². The smallest absolute Gasteiger partial charge is 0.282 e. The van der Waals surface area contributed by atoms with Gasteiger partial charge in [0.25, 0.3) is 11.6 Å². The highest BCUT2D eigenvalue weighted by Gasteiger charge is 2.27. The molecule has 0 heterocycles. The second-order valence-corrected chi connectivity index (χ2v) is 4.31. The molecule has 0 radical (unpaired) electrons.